The normalized spacial score (nSPS) is 11.7. The largest absolute Gasteiger partial charge is 0.383 e. The molecule has 2 rings (SSSR count). The highest BCUT2D eigenvalue weighted by molar-refractivity contribution is 5.98. The van der Waals surface area contributed by atoms with E-state index in [0.29, 0.717) is 24.9 Å². The van der Waals surface area contributed by atoms with Crippen LogP contribution in [0.25, 0.3) is 0 Å². The molecule has 0 bridgehead atoms. The molecule has 2 amide bonds. The first-order valence-electron chi connectivity index (χ1n) is 8.28. The molecule has 0 radical (unpaired) electrons. The number of nitrogens with zero attached hydrogens (tertiary/aromatic N) is 3. The number of carbonyl (C=O) groups excluding carboxylic acids is 1. The number of rotatable bonds is 7. The lowest BCUT2D eigenvalue weighted by atomic mass is 10.2. The molecule has 0 unspecified atom stereocenters. The Labute approximate surface area is 148 Å². The average Bonchev–Trinajstić information content (AvgIpc) is 2.58. The predicted molar refractivity (Wildman–Crippen MR) is 99.4 cm³/mol. The van der Waals surface area contributed by atoms with Crippen LogP contribution in [0.2, 0.25) is 0 Å². The quantitative estimate of drug-likeness (QED) is 0.807. The van der Waals surface area contributed by atoms with Crippen molar-refractivity contribution in [2.24, 2.45) is 0 Å². The summed E-state index contributed by atoms with van der Waals surface area (Å²) in [6, 6.07) is 9.24. The summed E-state index contributed by atoms with van der Waals surface area (Å²) in [6.07, 6.45) is 1.63. The van der Waals surface area contributed by atoms with E-state index in [4.69, 9.17) is 4.74 Å². The van der Waals surface area contributed by atoms with Crippen molar-refractivity contribution in [2.75, 3.05) is 30.5 Å². The molecule has 0 spiro atoms. The Bertz CT molecular complexity index is 690. The summed E-state index contributed by atoms with van der Waals surface area (Å²) in [4.78, 5) is 22.8. The van der Waals surface area contributed by atoms with Gasteiger partial charge in [-0.1, -0.05) is 17.7 Å². The molecule has 1 aromatic carbocycles. The van der Waals surface area contributed by atoms with Gasteiger partial charge in [0.1, 0.15) is 5.82 Å². The minimum absolute atomic E-state index is 0.0533. The summed E-state index contributed by atoms with van der Waals surface area (Å²) in [5.74, 6) is 0.945. The molecule has 7 nitrogen and oxygen atoms in total. The second kappa shape index (κ2) is 8.98. The van der Waals surface area contributed by atoms with Crippen LogP contribution in [0.1, 0.15) is 19.4 Å². The maximum absolute atomic E-state index is 12.6. The zero-order valence-electron chi connectivity index (χ0n) is 15.1. The predicted octanol–water partition coefficient (Wildman–Crippen LogP) is 3.10. The fourth-order valence-electron chi connectivity index (χ4n) is 2.33. The highest BCUT2D eigenvalue weighted by Gasteiger charge is 2.19. The van der Waals surface area contributed by atoms with Crippen molar-refractivity contribution in [1.82, 2.24) is 15.3 Å². The van der Waals surface area contributed by atoms with Gasteiger partial charge in [0.05, 0.1) is 12.3 Å². The summed E-state index contributed by atoms with van der Waals surface area (Å²) in [6.45, 7) is 6.92. The number of aryl methyl sites for hydroxylation is 1. The molecule has 0 aliphatic rings. The lowest BCUT2D eigenvalue weighted by Crippen LogP contribution is -2.37. The molecular weight excluding hydrogens is 318 g/mol. The number of amides is 2. The Morgan fingerprint density at radius 1 is 1.28 bits per heavy atom. The number of carbonyl (C=O) groups is 1. The second-order valence-electron chi connectivity index (χ2n) is 5.75. The van der Waals surface area contributed by atoms with Gasteiger partial charge in [-0.3, -0.25) is 0 Å². The summed E-state index contributed by atoms with van der Waals surface area (Å²) in [5.41, 5.74) is 1.86. The Kier molecular flexibility index (Phi) is 6.71. The first-order valence-corrected chi connectivity index (χ1v) is 8.28. The first kappa shape index (κ1) is 18.7. The van der Waals surface area contributed by atoms with E-state index in [2.05, 4.69) is 20.6 Å². The number of benzene rings is 1. The van der Waals surface area contributed by atoms with Gasteiger partial charge in [0.25, 0.3) is 0 Å². The van der Waals surface area contributed by atoms with Gasteiger partial charge in [-0.05, 0) is 32.9 Å². The molecular formula is C18H25N5O2. The van der Waals surface area contributed by atoms with E-state index in [9.17, 15) is 4.79 Å². The van der Waals surface area contributed by atoms with Crippen molar-refractivity contribution < 1.29 is 9.53 Å². The Morgan fingerprint density at radius 2 is 2.00 bits per heavy atom. The number of methoxy groups -OCH3 is 1. The van der Waals surface area contributed by atoms with Crippen LogP contribution in [0.5, 0.6) is 0 Å². The van der Waals surface area contributed by atoms with Gasteiger partial charge in [-0.15, -0.1) is 0 Å². The van der Waals surface area contributed by atoms with Crippen molar-refractivity contribution in [1.29, 1.82) is 0 Å². The third-order valence-corrected chi connectivity index (χ3v) is 3.49. The molecule has 0 saturated carbocycles. The lowest BCUT2D eigenvalue weighted by molar-refractivity contribution is 0.190. The van der Waals surface area contributed by atoms with E-state index in [-0.39, 0.29) is 12.1 Å². The summed E-state index contributed by atoms with van der Waals surface area (Å²) < 4.78 is 5.11. The van der Waals surface area contributed by atoms with E-state index in [1.807, 2.05) is 45.0 Å². The molecule has 0 aliphatic carbocycles. The van der Waals surface area contributed by atoms with Crippen molar-refractivity contribution in [3.63, 3.8) is 0 Å². The van der Waals surface area contributed by atoms with Crippen molar-refractivity contribution in [3.05, 3.63) is 42.1 Å². The molecule has 134 valence electrons. The summed E-state index contributed by atoms with van der Waals surface area (Å²) in [5, 5.41) is 5.99. The Morgan fingerprint density at radius 3 is 2.64 bits per heavy atom. The molecule has 1 heterocycles. The summed E-state index contributed by atoms with van der Waals surface area (Å²) in [7, 11) is 1.64. The fraction of sp³-hybridized carbons (Fsp3) is 0.389. The maximum Gasteiger partial charge on any atom is 0.327 e. The molecule has 0 saturated heterocycles. The van der Waals surface area contributed by atoms with Gasteiger partial charge >= 0.3 is 6.03 Å². The standard InChI is InChI=1S/C18H25N5O2/c1-5-19-18(24)23(15-8-6-13(2)7-9-15)16-10-11-20-17(22-16)21-14(3)12-25-4/h6-11,14H,5,12H2,1-4H3,(H,19,24)(H,20,21,22)/t14-/m0/s1. The number of urea groups is 1. The minimum atomic E-state index is -0.235. The zero-order valence-corrected chi connectivity index (χ0v) is 15.1. The molecule has 0 fully saturated rings. The fourth-order valence-corrected chi connectivity index (χ4v) is 2.33. The van der Waals surface area contributed by atoms with Crippen molar-refractivity contribution in [2.45, 2.75) is 26.8 Å². The van der Waals surface area contributed by atoms with Crippen LogP contribution in [0.4, 0.5) is 22.2 Å². The lowest BCUT2D eigenvalue weighted by Gasteiger charge is -2.23. The summed E-state index contributed by atoms with van der Waals surface area (Å²) >= 11 is 0. The SMILES string of the molecule is CCNC(=O)N(c1ccc(C)cc1)c1ccnc(N[C@@H](C)COC)n1. The van der Waals surface area contributed by atoms with Gasteiger partial charge in [0.15, 0.2) is 0 Å². The number of hydrogen-bond donors (Lipinski definition) is 2. The number of aromatic nitrogens is 2. The van der Waals surface area contributed by atoms with Gasteiger partial charge < -0.3 is 15.4 Å². The molecule has 0 aliphatic heterocycles. The molecule has 2 aromatic rings. The van der Waals surface area contributed by atoms with Gasteiger partial charge in [0, 0.05) is 32.0 Å². The number of nitrogens with one attached hydrogen (secondary N) is 2. The van der Waals surface area contributed by atoms with Crippen LogP contribution >= 0.6 is 0 Å². The molecule has 1 aromatic heterocycles. The molecule has 2 N–H and O–H groups in total. The van der Waals surface area contributed by atoms with Crippen LogP contribution in [0.3, 0.4) is 0 Å². The first-order chi connectivity index (χ1) is 12.0. The van der Waals surface area contributed by atoms with E-state index >= 15 is 0 Å². The molecule has 25 heavy (non-hydrogen) atoms. The monoisotopic (exact) mass is 343 g/mol. The topological polar surface area (TPSA) is 79.4 Å². The maximum atomic E-state index is 12.6. The Balaban J connectivity index is 2.33. The van der Waals surface area contributed by atoms with Crippen LogP contribution in [-0.2, 0) is 4.74 Å². The third-order valence-electron chi connectivity index (χ3n) is 3.49. The zero-order chi connectivity index (χ0) is 18.2. The number of ether oxygens (including phenoxy) is 1. The minimum Gasteiger partial charge on any atom is -0.383 e. The van der Waals surface area contributed by atoms with Crippen LogP contribution in [-0.4, -0.2) is 42.3 Å². The van der Waals surface area contributed by atoms with Crippen LogP contribution < -0.4 is 15.5 Å². The second-order valence-corrected chi connectivity index (χ2v) is 5.75. The highest BCUT2D eigenvalue weighted by Crippen LogP contribution is 2.24. The number of hydrogen-bond acceptors (Lipinski definition) is 5. The van der Waals surface area contributed by atoms with Gasteiger partial charge in [-0.25, -0.2) is 14.7 Å². The van der Waals surface area contributed by atoms with Crippen molar-refractivity contribution in [3.8, 4) is 0 Å². The Hall–Kier alpha value is -2.67. The average molecular weight is 343 g/mol. The van der Waals surface area contributed by atoms with Gasteiger partial charge in [-0.2, -0.15) is 4.98 Å². The number of anilines is 3. The van der Waals surface area contributed by atoms with Crippen LogP contribution in [0.15, 0.2) is 36.5 Å². The van der Waals surface area contributed by atoms with E-state index in [1.165, 1.54) is 4.90 Å². The van der Waals surface area contributed by atoms with Crippen molar-refractivity contribution >= 4 is 23.5 Å². The highest BCUT2D eigenvalue weighted by atomic mass is 16.5. The van der Waals surface area contributed by atoms with E-state index in [1.54, 1.807) is 19.4 Å². The third kappa shape index (κ3) is 5.15. The van der Waals surface area contributed by atoms with Crippen LogP contribution in [0, 0.1) is 6.92 Å². The molecule has 7 heteroatoms. The van der Waals surface area contributed by atoms with E-state index < -0.39 is 0 Å². The smallest absolute Gasteiger partial charge is 0.327 e. The molecule has 1 atom stereocenters. The van der Waals surface area contributed by atoms with Gasteiger partial charge in [0.2, 0.25) is 5.95 Å². The van der Waals surface area contributed by atoms with E-state index in [0.717, 1.165) is 11.3 Å².